The lowest BCUT2D eigenvalue weighted by Crippen LogP contribution is -2.29. The zero-order valence-electron chi connectivity index (χ0n) is 11.1. The molecule has 2 N–H and O–H groups in total. The molecule has 108 valence electrons. The second kappa shape index (κ2) is 5.71. The summed E-state index contributed by atoms with van der Waals surface area (Å²) in [4.78, 5) is 0. The summed E-state index contributed by atoms with van der Waals surface area (Å²) in [6.07, 6.45) is -3.78. The van der Waals surface area contributed by atoms with E-state index in [9.17, 15) is 13.2 Å². The maximum absolute atomic E-state index is 12.9. The van der Waals surface area contributed by atoms with E-state index in [-0.39, 0.29) is 11.3 Å². The molecule has 0 aromatic heterocycles. The molecule has 2 aromatic carbocycles. The molecule has 0 aliphatic rings. The van der Waals surface area contributed by atoms with Gasteiger partial charge < -0.3 is 10.5 Å². The van der Waals surface area contributed by atoms with Gasteiger partial charge in [0.05, 0.1) is 6.61 Å². The first-order chi connectivity index (χ1) is 9.43. The molecule has 0 fully saturated rings. The molecule has 0 spiro atoms. The predicted octanol–water partition coefficient (Wildman–Crippen LogP) is 4.19. The second-order valence-corrected chi connectivity index (χ2v) is 4.60. The Morgan fingerprint density at radius 3 is 2.30 bits per heavy atom. The second-order valence-electron chi connectivity index (χ2n) is 4.60. The van der Waals surface area contributed by atoms with Gasteiger partial charge in [0, 0.05) is 5.56 Å². The third kappa shape index (κ3) is 3.04. The molecule has 0 bridgehead atoms. The molecule has 5 heteroatoms. The first-order valence-corrected chi connectivity index (χ1v) is 6.41. The summed E-state index contributed by atoms with van der Waals surface area (Å²) in [5.41, 5.74) is 5.31. The molecule has 0 radical (unpaired) electrons. The lowest BCUT2D eigenvalue weighted by Gasteiger charge is -2.20. The van der Waals surface area contributed by atoms with Crippen LogP contribution in [0, 0.1) is 0 Å². The van der Waals surface area contributed by atoms with Gasteiger partial charge in [0.2, 0.25) is 0 Å². The summed E-state index contributed by atoms with van der Waals surface area (Å²) in [6, 6.07) is 8.22. The molecule has 0 amide bonds. The number of halogens is 3. The van der Waals surface area contributed by atoms with Crippen molar-refractivity contribution in [3.63, 3.8) is 0 Å². The first-order valence-electron chi connectivity index (χ1n) is 6.41. The number of nitrogens with two attached hydrogens (primary N) is 1. The van der Waals surface area contributed by atoms with Gasteiger partial charge in [-0.2, -0.15) is 13.2 Å². The Morgan fingerprint density at radius 2 is 1.75 bits per heavy atom. The summed E-state index contributed by atoms with van der Waals surface area (Å²) >= 11 is 0. The van der Waals surface area contributed by atoms with Crippen LogP contribution >= 0.6 is 0 Å². The van der Waals surface area contributed by atoms with Gasteiger partial charge in [0.25, 0.3) is 0 Å². The highest BCUT2D eigenvalue weighted by Gasteiger charge is 2.39. The normalized spacial score (nSPS) is 13.4. The molecule has 2 rings (SSSR count). The van der Waals surface area contributed by atoms with Crippen LogP contribution in [0.4, 0.5) is 13.2 Å². The van der Waals surface area contributed by atoms with Crippen molar-refractivity contribution in [1.29, 1.82) is 0 Å². The Bertz CT molecular complexity index is 595. The van der Waals surface area contributed by atoms with Crippen molar-refractivity contribution in [1.82, 2.24) is 0 Å². The highest BCUT2D eigenvalue weighted by molar-refractivity contribution is 5.85. The first kappa shape index (κ1) is 14.7. The lowest BCUT2D eigenvalue weighted by molar-refractivity contribution is -0.149. The molecule has 0 heterocycles. The highest BCUT2D eigenvalue weighted by Crippen LogP contribution is 2.37. The maximum atomic E-state index is 12.9. The number of hydrogen-bond acceptors (Lipinski definition) is 2. The zero-order chi connectivity index (χ0) is 14.8. The molecule has 20 heavy (non-hydrogen) atoms. The molecule has 2 nitrogen and oxygen atoms in total. The van der Waals surface area contributed by atoms with Crippen LogP contribution in [-0.2, 0) is 0 Å². The Hall–Kier alpha value is -1.75. The summed E-state index contributed by atoms with van der Waals surface area (Å²) < 4.78 is 44.0. The van der Waals surface area contributed by atoms with Crippen LogP contribution in [0.1, 0.15) is 24.9 Å². The van der Waals surface area contributed by atoms with Crippen LogP contribution < -0.4 is 10.5 Å². The standard InChI is InChI=1S/C15H16F3NO/c1-2-7-20-13-9-11-6-4-3-5-10(11)8-12(13)14(19)15(16,17)18/h3-6,8-9,14H,2,7,19H2,1H3/t14-/m0/s1. The van der Waals surface area contributed by atoms with E-state index in [4.69, 9.17) is 10.5 Å². The number of benzene rings is 2. The van der Waals surface area contributed by atoms with Crippen molar-refractivity contribution in [2.24, 2.45) is 5.73 Å². The van der Waals surface area contributed by atoms with E-state index in [1.54, 1.807) is 18.2 Å². The van der Waals surface area contributed by atoms with Crippen molar-refractivity contribution < 1.29 is 17.9 Å². The van der Waals surface area contributed by atoms with Crippen LogP contribution in [0.25, 0.3) is 10.8 Å². The predicted molar refractivity (Wildman–Crippen MR) is 72.7 cm³/mol. The SMILES string of the molecule is CCCOc1cc2ccccc2cc1[C@H](N)C(F)(F)F. The maximum Gasteiger partial charge on any atom is 0.407 e. The van der Waals surface area contributed by atoms with E-state index in [0.717, 1.165) is 5.39 Å². The number of ether oxygens (including phenoxy) is 1. The zero-order valence-corrected chi connectivity index (χ0v) is 11.1. The van der Waals surface area contributed by atoms with Crippen molar-refractivity contribution >= 4 is 10.8 Å². The van der Waals surface area contributed by atoms with E-state index in [2.05, 4.69) is 0 Å². The van der Waals surface area contributed by atoms with E-state index < -0.39 is 12.2 Å². The third-order valence-electron chi connectivity index (χ3n) is 3.03. The fourth-order valence-electron chi connectivity index (χ4n) is 1.99. The number of fused-ring (bicyclic) bond motifs is 1. The molecule has 0 unspecified atom stereocenters. The van der Waals surface area contributed by atoms with Gasteiger partial charge in [-0.1, -0.05) is 31.2 Å². The summed E-state index contributed by atoms with van der Waals surface area (Å²) in [7, 11) is 0. The summed E-state index contributed by atoms with van der Waals surface area (Å²) in [5, 5.41) is 1.54. The monoisotopic (exact) mass is 283 g/mol. The average Bonchev–Trinajstić information content (AvgIpc) is 2.42. The van der Waals surface area contributed by atoms with E-state index in [1.165, 1.54) is 6.07 Å². The Balaban J connectivity index is 2.53. The van der Waals surface area contributed by atoms with Gasteiger partial charge in [-0.15, -0.1) is 0 Å². The van der Waals surface area contributed by atoms with Crippen LogP contribution in [0.15, 0.2) is 36.4 Å². The fraction of sp³-hybridized carbons (Fsp3) is 0.333. The van der Waals surface area contributed by atoms with Crippen molar-refractivity contribution in [3.05, 3.63) is 42.0 Å². The quantitative estimate of drug-likeness (QED) is 0.913. The van der Waals surface area contributed by atoms with Gasteiger partial charge in [-0.3, -0.25) is 0 Å². The third-order valence-corrected chi connectivity index (χ3v) is 3.03. The van der Waals surface area contributed by atoms with Gasteiger partial charge in [0.1, 0.15) is 11.8 Å². The molecule has 0 aliphatic heterocycles. The van der Waals surface area contributed by atoms with Crippen LogP contribution in [0.5, 0.6) is 5.75 Å². The number of alkyl halides is 3. The molecule has 2 aromatic rings. The molecule has 1 atom stereocenters. The Labute approximate surface area is 115 Å². The number of hydrogen-bond donors (Lipinski definition) is 1. The average molecular weight is 283 g/mol. The van der Waals surface area contributed by atoms with Gasteiger partial charge in [-0.25, -0.2) is 0 Å². The Morgan fingerprint density at radius 1 is 1.15 bits per heavy atom. The molecular weight excluding hydrogens is 267 g/mol. The highest BCUT2D eigenvalue weighted by atomic mass is 19.4. The van der Waals surface area contributed by atoms with Crippen molar-refractivity contribution in [3.8, 4) is 5.75 Å². The van der Waals surface area contributed by atoms with Gasteiger partial charge in [-0.05, 0) is 29.3 Å². The minimum Gasteiger partial charge on any atom is -0.493 e. The minimum atomic E-state index is -4.49. The van der Waals surface area contributed by atoms with E-state index >= 15 is 0 Å². The van der Waals surface area contributed by atoms with Crippen LogP contribution in [-0.4, -0.2) is 12.8 Å². The van der Waals surface area contributed by atoms with E-state index in [0.29, 0.717) is 18.4 Å². The van der Waals surface area contributed by atoms with Crippen LogP contribution in [0.2, 0.25) is 0 Å². The van der Waals surface area contributed by atoms with Gasteiger partial charge >= 0.3 is 6.18 Å². The van der Waals surface area contributed by atoms with Gasteiger partial charge in [0.15, 0.2) is 0 Å². The van der Waals surface area contributed by atoms with E-state index in [1.807, 2.05) is 19.1 Å². The molecule has 0 saturated heterocycles. The Kier molecular flexibility index (Phi) is 4.18. The molecule has 0 aliphatic carbocycles. The van der Waals surface area contributed by atoms with Crippen molar-refractivity contribution in [2.45, 2.75) is 25.6 Å². The fourth-order valence-corrected chi connectivity index (χ4v) is 1.99. The van der Waals surface area contributed by atoms with Crippen molar-refractivity contribution in [2.75, 3.05) is 6.61 Å². The lowest BCUT2D eigenvalue weighted by atomic mass is 10.0. The smallest absolute Gasteiger partial charge is 0.407 e. The van der Waals surface area contributed by atoms with Crippen LogP contribution in [0.3, 0.4) is 0 Å². The topological polar surface area (TPSA) is 35.2 Å². The molecular formula is C15H16F3NO. The largest absolute Gasteiger partial charge is 0.493 e. The summed E-state index contributed by atoms with van der Waals surface area (Å²) in [5.74, 6) is 0.204. The minimum absolute atomic E-state index is 0.0235. The summed E-state index contributed by atoms with van der Waals surface area (Å²) in [6.45, 7) is 2.25. The number of rotatable bonds is 4. The molecule has 0 saturated carbocycles.